The highest BCUT2D eigenvalue weighted by Gasteiger charge is 2.06. The monoisotopic (exact) mass is 410 g/mol. The Morgan fingerprint density at radius 3 is 2.46 bits per heavy atom. The number of carbonyl (C=O) groups excluding carboxylic acids is 1. The van der Waals surface area contributed by atoms with Crippen molar-refractivity contribution in [2.75, 3.05) is 0 Å². The lowest BCUT2D eigenvalue weighted by atomic mass is 10.1. The quantitative estimate of drug-likeness (QED) is 0.274. The molecule has 0 bridgehead atoms. The number of amides is 1. The second-order valence-corrected chi connectivity index (χ2v) is 7.49. The van der Waals surface area contributed by atoms with Gasteiger partial charge in [0.15, 0.2) is 5.16 Å². The van der Waals surface area contributed by atoms with Gasteiger partial charge in [0.1, 0.15) is 0 Å². The van der Waals surface area contributed by atoms with E-state index in [0.29, 0.717) is 10.6 Å². The van der Waals surface area contributed by atoms with Gasteiger partial charge >= 0.3 is 0 Å². The van der Waals surface area contributed by atoms with Crippen molar-refractivity contribution in [2.45, 2.75) is 24.8 Å². The van der Waals surface area contributed by atoms with E-state index in [9.17, 15) is 4.79 Å². The average Bonchev–Trinajstić information content (AvgIpc) is 2.67. The van der Waals surface area contributed by atoms with Crippen LogP contribution in [-0.4, -0.2) is 22.1 Å². The van der Waals surface area contributed by atoms with Crippen LogP contribution in [0.15, 0.2) is 64.9 Å². The van der Waals surface area contributed by atoms with Gasteiger partial charge in [0.25, 0.3) is 5.91 Å². The summed E-state index contributed by atoms with van der Waals surface area (Å²) in [4.78, 5) is 21.0. The lowest BCUT2D eigenvalue weighted by Gasteiger charge is -2.05. The van der Waals surface area contributed by atoms with Crippen LogP contribution in [0.1, 0.15) is 32.9 Å². The van der Waals surface area contributed by atoms with Crippen molar-refractivity contribution in [1.82, 2.24) is 15.4 Å². The summed E-state index contributed by atoms with van der Waals surface area (Å²) in [7, 11) is 0. The van der Waals surface area contributed by atoms with Gasteiger partial charge in [-0.05, 0) is 43.7 Å². The van der Waals surface area contributed by atoms with Crippen LogP contribution in [0.4, 0.5) is 0 Å². The standard InChI is InChI=1S/C21H19ClN4OS/c1-14-11-15(2)25-21(24-14)28-13-16-7-9-17(10-8-16)20(27)26-23-12-18-5-3-4-6-19(18)22/h3-12H,13H2,1-2H3,(H,26,27)/b23-12+. The summed E-state index contributed by atoms with van der Waals surface area (Å²) in [6.07, 6.45) is 1.52. The number of halogens is 1. The van der Waals surface area contributed by atoms with Gasteiger partial charge in [-0.2, -0.15) is 5.10 Å². The second kappa shape index (κ2) is 9.48. The lowest BCUT2D eigenvalue weighted by Crippen LogP contribution is -2.17. The molecule has 3 rings (SSSR count). The molecule has 0 spiro atoms. The summed E-state index contributed by atoms with van der Waals surface area (Å²) in [6.45, 7) is 3.92. The molecule has 1 amide bonds. The number of hydrogen-bond donors (Lipinski definition) is 1. The van der Waals surface area contributed by atoms with Crippen LogP contribution < -0.4 is 5.43 Å². The fourth-order valence-electron chi connectivity index (χ4n) is 2.46. The topological polar surface area (TPSA) is 67.2 Å². The largest absolute Gasteiger partial charge is 0.271 e. The summed E-state index contributed by atoms with van der Waals surface area (Å²) in [5, 5.41) is 5.30. The Kier molecular flexibility index (Phi) is 6.79. The van der Waals surface area contributed by atoms with Crippen LogP contribution in [0.2, 0.25) is 5.02 Å². The predicted molar refractivity (Wildman–Crippen MR) is 114 cm³/mol. The molecule has 0 aliphatic heterocycles. The van der Waals surface area contributed by atoms with Crippen LogP contribution in [0.25, 0.3) is 0 Å². The molecule has 142 valence electrons. The molecule has 28 heavy (non-hydrogen) atoms. The number of aromatic nitrogens is 2. The van der Waals surface area contributed by atoms with Crippen molar-refractivity contribution in [2.24, 2.45) is 5.10 Å². The minimum Gasteiger partial charge on any atom is -0.267 e. The number of nitrogens with zero attached hydrogens (tertiary/aromatic N) is 3. The van der Waals surface area contributed by atoms with Crippen LogP contribution in [0, 0.1) is 13.8 Å². The van der Waals surface area contributed by atoms with Gasteiger partial charge in [-0.25, -0.2) is 15.4 Å². The molecule has 2 aromatic carbocycles. The van der Waals surface area contributed by atoms with Gasteiger partial charge in [0.05, 0.1) is 6.21 Å². The van der Waals surface area contributed by atoms with E-state index < -0.39 is 0 Å². The molecule has 1 N–H and O–H groups in total. The van der Waals surface area contributed by atoms with Crippen LogP contribution in [0.5, 0.6) is 0 Å². The van der Waals surface area contributed by atoms with Gasteiger partial charge < -0.3 is 0 Å². The molecular weight excluding hydrogens is 392 g/mol. The maximum atomic E-state index is 12.2. The van der Waals surface area contributed by atoms with Crippen LogP contribution in [0.3, 0.4) is 0 Å². The van der Waals surface area contributed by atoms with Crippen LogP contribution in [-0.2, 0) is 5.75 Å². The first-order chi connectivity index (χ1) is 13.5. The highest BCUT2D eigenvalue weighted by Crippen LogP contribution is 2.20. The third kappa shape index (κ3) is 5.65. The van der Waals surface area contributed by atoms with E-state index in [-0.39, 0.29) is 5.91 Å². The Morgan fingerprint density at radius 2 is 1.79 bits per heavy atom. The highest BCUT2D eigenvalue weighted by molar-refractivity contribution is 7.98. The Morgan fingerprint density at radius 1 is 1.11 bits per heavy atom. The number of benzene rings is 2. The van der Waals surface area contributed by atoms with E-state index in [1.807, 2.05) is 50.2 Å². The Bertz CT molecular complexity index is 985. The number of carbonyl (C=O) groups is 1. The highest BCUT2D eigenvalue weighted by atomic mass is 35.5. The Hall–Kier alpha value is -2.70. The molecule has 7 heteroatoms. The number of rotatable bonds is 6. The average molecular weight is 411 g/mol. The minimum absolute atomic E-state index is 0.278. The normalized spacial score (nSPS) is 11.0. The van der Waals surface area contributed by atoms with E-state index in [2.05, 4.69) is 20.5 Å². The summed E-state index contributed by atoms with van der Waals surface area (Å²) < 4.78 is 0. The molecule has 1 heterocycles. The molecule has 0 aliphatic carbocycles. The van der Waals surface area contributed by atoms with Crippen molar-refractivity contribution in [3.63, 3.8) is 0 Å². The molecule has 0 radical (unpaired) electrons. The van der Waals surface area contributed by atoms with E-state index >= 15 is 0 Å². The number of thioether (sulfide) groups is 1. The molecule has 0 aliphatic rings. The zero-order valence-corrected chi connectivity index (χ0v) is 17.1. The van der Waals surface area contributed by atoms with E-state index in [0.717, 1.165) is 33.4 Å². The zero-order chi connectivity index (χ0) is 19.9. The number of hydrogen-bond acceptors (Lipinski definition) is 5. The first-order valence-electron chi connectivity index (χ1n) is 8.63. The van der Waals surface area contributed by atoms with Gasteiger partial charge in [-0.1, -0.05) is 53.7 Å². The molecule has 3 aromatic rings. The summed E-state index contributed by atoms with van der Waals surface area (Å²) >= 11 is 7.62. The molecule has 0 atom stereocenters. The fraction of sp³-hybridized carbons (Fsp3) is 0.143. The van der Waals surface area contributed by atoms with Gasteiger partial charge in [-0.3, -0.25) is 4.79 Å². The molecule has 0 fully saturated rings. The SMILES string of the molecule is Cc1cc(C)nc(SCc2ccc(C(=O)N/N=C/c3ccccc3Cl)cc2)n1. The molecule has 0 saturated heterocycles. The van der Waals surface area contributed by atoms with E-state index in [1.165, 1.54) is 6.21 Å². The van der Waals surface area contributed by atoms with E-state index in [4.69, 9.17) is 11.6 Å². The van der Waals surface area contributed by atoms with E-state index in [1.54, 1.807) is 30.0 Å². The first-order valence-corrected chi connectivity index (χ1v) is 9.99. The molecule has 5 nitrogen and oxygen atoms in total. The summed E-state index contributed by atoms with van der Waals surface area (Å²) in [6, 6.07) is 16.6. The van der Waals surface area contributed by atoms with Gasteiger partial charge in [0.2, 0.25) is 0 Å². The number of hydrazone groups is 1. The van der Waals surface area contributed by atoms with Gasteiger partial charge in [-0.15, -0.1) is 0 Å². The summed E-state index contributed by atoms with van der Waals surface area (Å²) in [5.74, 6) is 0.454. The molecular formula is C21H19ClN4OS. The Balaban J connectivity index is 1.56. The molecule has 0 unspecified atom stereocenters. The summed E-state index contributed by atoms with van der Waals surface area (Å²) in [5.41, 5.74) is 6.79. The lowest BCUT2D eigenvalue weighted by molar-refractivity contribution is 0.0955. The molecule has 1 aromatic heterocycles. The van der Waals surface area contributed by atoms with Crippen molar-refractivity contribution < 1.29 is 4.79 Å². The van der Waals surface area contributed by atoms with Crippen molar-refractivity contribution in [1.29, 1.82) is 0 Å². The number of nitrogens with one attached hydrogen (secondary N) is 1. The predicted octanol–water partition coefficient (Wildman–Crippen LogP) is 4.80. The minimum atomic E-state index is -0.278. The maximum Gasteiger partial charge on any atom is 0.271 e. The molecule has 0 saturated carbocycles. The fourth-order valence-corrected chi connectivity index (χ4v) is 3.55. The third-order valence-corrected chi connectivity index (χ3v) is 5.08. The maximum absolute atomic E-state index is 12.2. The van der Waals surface area contributed by atoms with Crippen molar-refractivity contribution in [3.05, 3.63) is 87.7 Å². The van der Waals surface area contributed by atoms with Gasteiger partial charge in [0, 0.05) is 33.3 Å². The van der Waals surface area contributed by atoms with Crippen molar-refractivity contribution in [3.8, 4) is 0 Å². The van der Waals surface area contributed by atoms with Crippen molar-refractivity contribution >= 4 is 35.5 Å². The number of aryl methyl sites for hydroxylation is 2. The van der Waals surface area contributed by atoms with Crippen LogP contribution >= 0.6 is 23.4 Å². The second-order valence-electron chi connectivity index (χ2n) is 6.14. The Labute approximate surface area is 173 Å². The smallest absolute Gasteiger partial charge is 0.267 e. The first kappa shape index (κ1) is 20.0. The zero-order valence-electron chi connectivity index (χ0n) is 15.5. The third-order valence-electron chi connectivity index (χ3n) is 3.82.